The quantitative estimate of drug-likeness (QED) is 0.408. The highest BCUT2D eigenvalue weighted by atomic mass is 79.9. The Bertz CT molecular complexity index is 854. The maximum atomic E-state index is 12.7. The molecular weight excluding hydrogens is 437 g/mol. The molecule has 0 N–H and O–H groups in total. The first-order valence-corrected chi connectivity index (χ1v) is 9.22. The molecule has 0 aromatic heterocycles. The minimum absolute atomic E-state index is 0.194. The number of thioether (sulfide) groups is 1. The fourth-order valence-electron chi connectivity index (χ4n) is 2.07. The molecule has 116 valence electrons. The number of nitrogens with zero attached hydrogens (tertiary/aromatic N) is 1. The number of benzene rings is 2. The average molecular weight is 445 g/mol. The third-order valence-electron chi connectivity index (χ3n) is 3.14. The molecule has 0 atom stereocenters. The van der Waals surface area contributed by atoms with E-state index in [1.807, 2.05) is 30.3 Å². The highest BCUT2D eigenvalue weighted by Crippen LogP contribution is 2.40. The molecule has 23 heavy (non-hydrogen) atoms. The number of hydrogen-bond donors (Lipinski definition) is 0. The molecule has 0 unspecified atom stereocenters. The number of hydrogen-bond acceptors (Lipinski definition) is 3. The summed E-state index contributed by atoms with van der Waals surface area (Å²) in [5.74, 6) is -0.194. The van der Waals surface area contributed by atoms with Gasteiger partial charge in [0.05, 0.1) is 15.6 Å². The molecule has 0 radical (unpaired) electrons. The number of rotatable bonds is 2. The molecule has 2 aromatic carbocycles. The molecule has 0 aliphatic carbocycles. The van der Waals surface area contributed by atoms with Crippen LogP contribution < -0.4 is 4.90 Å². The summed E-state index contributed by atoms with van der Waals surface area (Å²) >= 11 is 22.2. The van der Waals surface area contributed by atoms with Crippen LogP contribution in [-0.4, -0.2) is 10.2 Å². The Balaban J connectivity index is 1.99. The molecular formula is C16H8BrCl2NOS2. The van der Waals surface area contributed by atoms with E-state index < -0.39 is 0 Å². The van der Waals surface area contributed by atoms with E-state index in [9.17, 15) is 4.79 Å². The Morgan fingerprint density at radius 1 is 1.17 bits per heavy atom. The van der Waals surface area contributed by atoms with Crippen LogP contribution in [0.5, 0.6) is 0 Å². The summed E-state index contributed by atoms with van der Waals surface area (Å²) in [6, 6.07) is 12.6. The van der Waals surface area contributed by atoms with Crippen molar-refractivity contribution in [3.05, 3.63) is 67.5 Å². The summed E-state index contributed by atoms with van der Waals surface area (Å²) in [5.41, 5.74) is 1.45. The molecule has 2 nitrogen and oxygen atoms in total. The number of halogens is 3. The maximum Gasteiger partial charge on any atom is 0.270 e. The van der Waals surface area contributed by atoms with Crippen molar-refractivity contribution in [2.24, 2.45) is 0 Å². The van der Waals surface area contributed by atoms with Gasteiger partial charge in [-0.3, -0.25) is 9.69 Å². The van der Waals surface area contributed by atoms with Crippen LogP contribution in [-0.2, 0) is 4.79 Å². The van der Waals surface area contributed by atoms with E-state index in [0.29, 0.717) is 25.0 Å². The maximum absolute atomic E-state index is 12.7. The van der Waals surface area contributed by atoms with Crippen molar-refractivity contribution in [3.63, 3.8) is 0 Å². The van der Waals surface area contributed by atoms with Crippen LogP contribution in [0.15, 0.2) is 51.8 Å². The second kappa shape index (κ2) is 6.95. The van der Waals surface area contributed by atoms with E-state index >= 15 is 0 Å². The van der Waals surface area contributed by atoms with Crippen molar-refractivity contribution < 1.29 is 4.79 Å². The van der Waals surface area contributed by atoms with E-state index in [-0.39, 0.29) is 5.91 Å². The van der Waals surface area contributed by atoms with Gasteiger partial charge in [-0.15, -0.1) is 0 Å². The van der Waals surface area contributed by atoms with Crippen LogP contribution in [0, 0.1) is 0 Å². The van der Waals surface area contributed by atoms with Gasteiger partial charge in [0.2, 0.25) is 0 Å². The van der Waals surface area contributed by atoms with Crippen LogP contribution in [0.4, 0.5) is 5.69 Å². The summed E-state index contributed by atoms with van der Waals surface area (Å²) in [7, 11) is 0. The number of anilines is 1. The lowest BCUT2D eigenvalue weighted by Gasteiger charge is -2.16. The smallest absolute Gasteiger partial charge is 0.268 e. The van der Waals surface area contributed by atoms with Gasteiger partial charge in [-0.25, -0.2) is 0 Å². The Morgan fingerprint density at radius 2 is 1.91 bits per heavy atom. The van der Waals surface area contributed by atoms with Crippen molar-refractivity contribution in [1.82, 2.24) is 0 Å². The van der Waals surface area contributed by atoms with Gasteiger partial charge in [0, 0.05) is 9.50 Å². The van der Waals surface area contributed by atoms with Crippen molar-refractivity contribution in [2.45, 2.75) is 0 Å². The third kappa shape index (κ3) is 3.49. The van der Waals surface area contributed by atoms with E-state index in [1.54, 1.807) is 18.2 Å². The SMILES string of the molecule is O=C1/C(=C/c2ccccc2Br)SC(=S)N1c1ccc(Cl)cc1Cl. The normalized spacial score (nSPS) is 16.5. The molecule has 0 saturated carbocycles. The second-order valence-corrected chi connectivity index (χ2v) is 8.01. The van der Waals surface area contributed by atoms with Crippen molar-refractivity contribution in [1.29, 1.82) is 0 Å². The molecule has 3 rings (SSSR count). The monoisotopic (exact) mass is 443 g/mol. The predicted octanol–water partition coefficient (Wildman–Crippen LogP) is 6.16. The summed E-state index contributed by atoms with van der Waals surface area (Å²) in [6.45, 7) is 0. The fourth-order valence-corrected chi connectivity index (χ4v) is 4.24. The van der Waals surface area contributed by atoms with Crippen LogP contribution in [0.25, 0.3) is 6.08 Å². The molecule has 1 heterocycles. The van der Waals surface area contributed by atoms with Gasteiger partial charge in [0.1, 0.15) is 0 Å². The number of amides is 1. The topological polar surface area (TPSA) is 20.3 Å². The molecule has 1 fully saturated rings. The van der Waals surface area contributed by atoms with Crippen LogP contribution in [0.1, 0.15) is 5.56 Å². The van der Waals surface area contributed by atoms with Gasteiger partial charge < -0.3 is 0 Å². The molecule has 1 saturated heterocycles. The van der Waals surface area contributed by atoms with Gasteiger partial charge >= 0.3 is 0 Å². The second-order valence-electron chi connectivity index (χ2n) is 4.63. The largest absolute Gasteiger partial charge is 0.270 e. The highest BCUT2D eigenvalue weighted by Gasteiger charge is 2.34. The van der Waals surface area contributed by atoms with E-state index in [4.69, 9.17) is 35.4 Å². The fraction of sp³-hybridized carbons (Fsp3) is 0. The minimum atomic E-state index is -0.194. The first kappa shape index (κ1) is 17.0. The molecule has 0 spiro atoms. The third-order valence-corrected chi connectivity index (χ3v) is 5.70. The Kier molecular flexibility index (Phi) is 5.13. The van der Waals surface area contributed by atoms with Gasteiger partial charge in [-0.1, -0.05) is 81.3 Å². The summed E-state index contributed by atoms with van der Waals surface area (Å²) in [6.07, 6.45) is 1.81. The molecule has 7 heteroatoms. The lowest BCUT2D eigenvalue weighted by Crippen LogP contribution is -2.27. The Morgan fingerprint density at radius 3 is 2.61 bits per heavy atom. The number of carbonyl (C=O) groups excluding carboxylic acids is 1. The van der Waals surface area contributed by atoms with Crippen molar-refractivity contribution >= 4 is 85.1 Å². The zero-order chi connectivity index (χ0) is 16.6. The number of carbonyl (C=O) groups is 1. The average Bonchev–Trinajstić information content (AvgIpc) is 2.77. The zero-order valence-electron chi connectivity index (χ0n) is 11.4. The van der Waals surface area contributed by atoms with E-state index in [2.05, 4.69) is 15.9 Å². The predicted molar refractivity (Wildman–Crippen MR) is 106 cm³/mol. The first-order valence-electron chi connectivity index (χ1n) is 6.45. The minimum Gasteiger partial charge on any atom is -0.268 e. The lowest BCUT2D eigenvalue weighted by atomic mass is 10.2. The molecule has 0 bridgehead atoms. The van der Waals surface area contributed by atoms with Gasteiger partial charge in [0.25, 0.3) is 5.91 Å². The van der Waals surface area contributed by atoms with Gasteiger partial charge in [-0.2, -0.15) is 0 Å². The van der Waals surface area contributed by atoms with Crippen LogP contribution >= 0.6 is 63.1 Å². The van der Waals surface area contributed by atoms with Crippen LogP contribution in [0.3, 0.4) is 0 Å². The van der Waals surface area contributed by atoms with Crippen molar-refractivity contribution in [3.8, 4) is 0 Å². The van der Waals surface area contributed by atoms with Gasteiger partial charge in [0.15, 0.2) is 4.32 Å². The van der Waals surface area contributed by atoms with Gasteiger partial charge in [-0.05, 0) is 35.9 Å². The first-order chi connectivity index (χ1) is 11.0. The van der Waals surface area contributed by atoms with Crippen molar-refractivity contribution in [2.75, 3.05) is 4.90 Å². The molecule has 1 aliphatic rings. The standard InChI is InChI=1S/C16H8BrCl2NOS2/c17-11-4-2-1-3-9(11)7-14-15(21)20(16(22)23-14)13-6-5-10(18)8-12(13)19/h1-8H/b14-7-. The molecule has 1 amide bonds. The summed E-state index contributed by atoms with van der Waals surface area (Å²) in [5, 5.41) is 0.892. The Labute approximate surface area is 161 Å². The Hall–Kier alpha value is -0.850. The van der Waals surface area contributed by atoms with Crippen LogP contribution in [0.2, 0.25) is 10.0 Å². The lowest BCUT2D eigenvalue weighted by molar-refractivity contribution is -0.113. The summed E-state index contributed by atoms with van der Waals surface area (Å²) < 4.78 is 1.35. The van der Waals surface area contributed by atoms with E-state index in [0.717, 1.165) is 10.0 Å². The molecule has 1 aliphatic heterocycles. The highest BCUT2D eigenvalue weighted by molar-refractivity contribution is 9.10. The summed E-state index contributed by atoms with van der Waals surface area (Å²) in [4.78, 5) is 14.7. The molecule has 2 aromatic rings. The zero-order valence-corrected chi connectivity index (χ0v) is 16.2. The van der Waals surface area contributed by atoms with E-state index in [1.165, 1.54) is 16.7 Å². The number of thiocarbonyl (C=S) groups is 1.